The van der Waals surface area contributed by atoms with Gasteiger partial charge in [-0.15, -0.1) is 0 Å². The Bertz CT molecular complexity index is 477. The SMILES string of the molecule is Nc1ncc(F)cc1C(=O)N1CCNC(=O)C1. The first kappa shape index (κ1) is 11.3. The van der Waals surface area contributed by atoms with Gasteiger partial charge < -0.3 is 16.0 Å². The molecule has 0 spiro atoms. The Hall–Kier alpha value is -2.18. The molecule has 0 aromatic carbocycles. The van der Waals surface area contributed by atoms with Crippen LogP contribution in [0, 0.1) is 5.82 Å². The maximum atomic E-state index is 13.0. The van der Waals surface area contributed by atoms with Crippen LogP contribution in [-0.4, -0.2) is 41.3 Å². The zero-order chi connectivity index (χ0) is 12.4. The third-order valence-electron chi connectivity index (χ3n) is 2.44. The second kappa shape index (κ2) is 4.36. The molecule has 0 aliphatic carbocycles. The Morgan fingerprint density at radius 1 is 1.59 bits per heavy atom. The monoisotopic (exact) mass is 238 g/mol. The van der Waals surface area contributed by atoms with Crippen molar-refractivity contribution >= 4 is 17.6 Å². The molecule has 1 aromatic rings. The number of hydrogen-bond acceptors (Lipinski definition) is 4. The molecule has 90 valence electrons. The van der Waals surface area contributed by atoms with Crippen molar-refractivity contribution in [1.82, 2.24) is 15.2 Å². The van der Waals surface area contributed by atoms with E-state index in [4.69, 9.17) is 5.73 Å². The lowest BCUT2D eigenvalue weighted by atomic mass is 10.2. The summed E-state index contributed by atoms with van der Waals surface area (Å²) in [5.74, 6) is -1.40. The van der Waals surface area contributed by atoms with Gasteiger partial charge in [0, 0.05) is 13.1 Å². The molecule has 0 bridgehead atoms. The number of nitrogen functional groups attached to an aromatic ring is 1. The smallest absolute Gasteiger partial charge is 0.258 e. The molecule has 3 N–H and O–H groups in total. The number of aromatic nitrogens is 1. The van der Waals surface area contributed by atoms with Gasteiger partial charge >= 0.3 is 0 Å². The Morgan fingerprint density at radius 2 is 2.35 bits per heavy atom. The van der Waals surface area contributed by atoms with Crippen LogP contribution in [-0.2, 0) is 4.79 Å². The van der Waals surface area contributed by atoms with E-state index in [0.29, 0.717) is 13.1 Å². The van der Waals surface area contributed by atoms with E-state index < -0.39 is 11.7 Å². The summed E-state index contributed by atoms with van der Waals surface area (Å²) in [7, 11) is 0. The topological polar surface area (TPSA) is 88.3 Å². The largest absolute Gasteiger partial charge is 0.383 e. The summed E-state index contributed by atoms with van der Waals surface area (Å²) in [6, 6.07) is 1.02. The summed E-state index contributed by atoms with van der Waals surface area (Å²) in [5.41, 5.74) is 5.49. The third kappa shape index (κ3) is 2.32. The summed E-state index contributed by atoms with van der Waals surface area (Å²) in [4.78, 5) is 28.0. The predicted molar refractivity (Wildman–Crippen MR) is 57.5 cm³/mol. The Morgan fingerprint density at radius 3 is 3.06 bits per heavy atom. The summed E-state index contributed by atoms with van der Waals surface area (Å²) in [6.45, 7) is 0.711. The first-order valence-corrected chi connectivity index (χ1v) is 5.05. The summed E-state index contributed by atoms with van der Waals surface area (Å²) < 4.78 is 13.0. The molecule has 2 heterocycles. The van der Waals surface area contributed by atoms with E-state index in [9.17, 15) is 14.0 Å². The van der Waals surface area contributed by atoms with Crippen LogP contribution in [0.3, 0.4) is 0 Å². The lowest BCUT2D eigenvalue weighted by molar-refractivity contribution is -0.123. The quantitative estimate of drug-likeness (QED) is 0.682. The zero-order valence-corrected chi connectivity index (χ0v) is 8.94. The highest BCUT2D eigenvalue weighted by atomic mass is 19.1. The minimum absolute atomic E-state index is 0.0142. The fourth-order valence-electron chi connectivity index (χ4n) is 1.60. The molecule has 2 amide bonds. The number of anilines is 1. The number of carbonyl (C=O) groups is 2. The molecule has 0 radical (unpaired) electrons. The normalized spacial score (nSPS) is 15.6. The number of carbonyl (C=O) groups excluding carboxylic acids is 2. The lowest BCUT2D eigenvalue weighted by Gasteiger charge is -2.26. The highest BCUT2D eigenvalue weighted by Gasteiger charge is 2.24. The van der Waals surface area contributed by atoms with Crippen LogP contribution in [0.15, 0.2) is 12.3 Å². The Balaban J connectivity index is 2.24. The van der Waals surface area contributed by atoms with Gasteiger partial charge in [-0.25, -0.2) is 9.37 Å². The van der Waals surface area contributed by atoms with Crippen LogP contribution in [0.2, 0.25) is 0 Å². The number of hydrogen-bond donors (Lipinski definition) is 2. The van der Waals surface area contributed by atoms with Crippen molar-refractivity contribution in [3.05, 3.63) is 23.6 Å². The third-order valence-corrected chi connectivity index (χ3v) is 2.44. The average molecular weight is 238 g/mol. The highest BCUT2D eigenvalue weighted by Crippen LogP contribution is 2.13. The minimum Gasteiger partial charge on any atom is -0.383 e. The van der Waals surface area contributed by atoms with E-state index in [2.05, 4.69) is 10.3 Å². The fraction of sp³-hybridized carbons (Fsp3) is 0.300. The van der Waals surface area contributed by atoms with E-state index in [1.807, 2.05) is 0 Å². The van der Waals surface area contributed by atoms with E-state index in [-0.39, 0.29) is 23.8 Å². The number of pyridine rings is 1. The molecule has 17 heavy (non-hydrogen) atoms. The van der Waals surface area contributed by atoms with E-state index in [0.717, 1.165) is 12.3 Å². The second-order valence-corrected chi connectivity index (χ2v) is 3.66. The maximum Gasteiger partial charge on any atom is 0.258 e. The van der Waals surface area contributed by atoms with Crippen LogP contribution in [0.4, 0.5) is 10.2 Å². The predicted octanol–water partition coefficient (Wildman–Crippen LogP) is -0.625. The molecule has 1 aliphatic rings. The number of nitrogens with one attached hydrogen (secondary N) is 1. The molecular formula is C10H11FN4O2. The standard InChI is InChI=1S/C10H11FN4O2/c11-6-3-7(9(12)14-4-6)10(17)15-2-1-13-8(16)5-15/h3-4H,1-2,5H2,(H2,12,14)(H,13,16). The Labute approximate surface area is 96.6 Å². The molecular weight excluding hydrogens is 227 g/mol. The van der Waals surface area contributed by atoms with Gasteiger partial charge in [0.25, 0.3) is 5.91 Å². The van der Waals surface area contributed by atoms with Crippen molar-refractivity contribution in [2.24, 2.45) is 0 Å². The van der Waals surface area contributed by atoms with Crippen molar-refractivity contribution in [2.45, 2.75) is 0 Å². The van der Waals surface area contributed by atoms with Crippen molar-refractivity contribution in [2.75, 3.05) is 25.4 Å². The molecule has 1 fully saturated rings. The first-order chi connectivity index (χ1) is 8.08. The van der Waals surface area contributed by atoms with E-state index >= 15 is 0 Å². The molecule has 0 unspecified atom stereocenters. The zero-order valence-electron chi connectivity index (χ0n) is 8.94. The minimum atomic E-state index is -0.635. The van der Waals surface area contributed by atoms with Crippen molar-refractivity contribution in [3.8, 4) is 0 Å². The summed E-state index contributed by atoms with van der Waals surface area (Å²) in [5, 5.41) is 2.59. The molecule has 0 atom stereocenters. The van der Waals surface area contributed by atoms with Gasteiger partial charge in [-0.1, -0.05) is 0 Å². The van der Waals surface area contributed by atoms with Crippen molar-refractivity contribution in [1.29, 1.82) is 0 Å². The van der Waals surface area contributed by atoms with Crippen LogP contribution < -0.4 is 11.1 Å². The maximum absolute atomic E-state index is 13.0. The molecule has 1 saturated heterocycles. The van der Waals surface area contributed by atoms with Crippen LogP contribution in [0.1, 0.15) is 10.4 Å². The van der Waals surface area contributed by atoms with Crippen LogP contribution in [0.5, 0.6) is 0 Å². The van der Waals surface area contributed by atoms with Crippen LogP contribution in [0.25, 0.3) is 0 Å². The number of nitrogens with zero attached hydrogens (tertiary/aromatic N) is 2. The number of amides is 2. The number of piperazine rings is 1. The van der Waals surface area contributed by atoms with Gasteiger partial charge in [-0.3, -0.25) is 9.59 Å². The highest BCUT2D eigenvalue weighted by molar-refractivity contribution is 6.00. The van der Waals surface area contributed by atoms with Gasteiger partial charge in [0.15, 0.2) is 0 Å². The van der Waals surface area contributed by atoms with Gasteiger partial charge in [-0.05, 0) is 6.07 Å². The van der Waals surface area contributed by atoms with E-state index in [1.54, 1.807) is 0 Å². The lowest BCUT2D eigenvalue weighted by Crippen LogP contribution is -2.50. The second-order valence-electron chi connectivity index (χ2n) is 3.66. The summed E-state index contributed by atoms with van der Waals surface area (Å²) >= 11 is 0. The number of rotatable bonds is 1. The van der Waals surface area contributed by atoms with Crippen molar-refractivity contribution < 1.29 is 14.0 Å². The number of halogens is 1. The molecule has 6 nitrogen and oxygen atoms in total. The van der Waals surface area contributed by atoms with Gasteiger partial charge in [0.2, 0.25) is 5.91 Å². The molecule has 7 heteroatoms. The first-order valence-electron chi connectivity index (χ1n) is 5.05. The number of nitrogens with two attached hydrogens (primary N) is 1. The van der Waals surface area contributed by atoms with Gasteiger partial charge in [-0.2, -0.15) is 0 Å². The molecule has 2 rings (SSSR count). The summed E-state index contributed by atoms with van der Waals surface area (Å²) in [6.07, 6.45) is 0.940. The molecule has 1 aliphatic heterocycles. The fourth-order valence-corrected chi connectivity index (χ4v) is 1.60. The van der Waals surface area contributed by atoms with Crippen LogP contribution >= 0.6 is 0 Å². The van der Waals surface area contributed by atoms with E-state index in [1.165, 1.54) is 4.90 Å². The molecule has 1 aromatic heterocycles. The Kier molecular flexibility index (Phi) is 2.90. The molecule has 0 saturated carbocycles. The van der Waals surface area contributed by atoms with Gasteiger partial charge in [0.05, 0.1) is 18.3 Å². The average Bonchev–Trinajstić information content (AvgIpc) is 2.31. The van der Waals surface area contributed by atoms with Crippen molar-refractivity contribution in [3.63, 3.8) is 0 Å². The van der Waals surface area contributed by atoms with Gasteiger partial charge in [0.1, 0.15) is 11.6 Å².